The Morgan fingerprint density at radius 1 is 1.03 bits per heavy atom. The number of hydrogen-bond acceptors (Lipinski definition) is 7. The van der Waals surface area contributed by atoms with Crippen molar-refractivity contribution in [2.24, 2.45) is 0 Å². The van der Waals surface area contributed by atoms with Crippen molar-refractivity contribution >= 4 is 61.8 Å². The summed E-state index contributed by atoms with van der Waals surface area (Å²) < 4.78 is 29.0. The number of carbonyl (C=O) groups excluding carboxylic acids is 1. The number of pyridine rings is 1. The lowest BCUT2D eigenvalue weighted by atomic mass is 10.0. The molecule has 0 saturated heterocycles. The van der Waals surface area contributed by atoms with E-state index >= 15 is 0 Å². The van der Waals surface area contributed by atoms with Crippen molar-refractivity contribution in [1.29, 1.82) is 0 Å². The molecule has 11 nitrogen and oxygen atoms in total. The Morgan fingerprint density at radius 2 is 1.79 bits per heavy atom. The van der Waals surface area contributed by atoms with Gasteiger partial charge in [0.2, 0.25) is 15.7 Å². The van der Waals surface area contributed by atoms with Gasteiger partial charge in [-0.1, -0.05) is 35.3 Å². The van der Waals surface area contributed by atoms with Crippen LogP contribution in [0, 0.1) is 0 Å². The number of carboxylic acids is 1. The number of aromatic nitrogens is 3. The number of H-pyrrole nitrogens is 1. The molecule has 39 heavy (non-hydrogen) atoms. The van der Waals surface area contributed by atoms with Crippen LogP contribution in [-0.2, 0) is 14.8 Å². The number of unbranched alkanes of at least 4 members (excludes halogenated alkanes) is 1. The minimum atomic E-state index is -4.61. The number of fused-ring (bicyclic) bond motifs is 1. The van der Waals surface area contributed by atoms with Crippen molar-refractivity contribution in [3.05, 3.63) is 82.6 Å². The number of hydrogen-bond donors (Lipinski definition) is 5. The molecule has 0 aliphatic rings. The Bertz CT molecular complexity index is 1580. The second kappa shape index (κ2) is 12.0. The highest BCUT2D eigenvalue weighted by Crippen LogP contribution is 2.30. The van der Waals surface area contributed by atoms with Crippen LogP contribution in [0.3, 0.4) is 0 Å². The molecule has 0 saturated carbocycles. The van der Waals surface area contributed by atoms with E-state index in [-0.39, 0.29) is 28.5 Å². The number of carbonyl (C=O) groups is 2. The van der Waals surface area contributed by atoms with Gasteiger partial charge in [-0.2, -0.15) is 9.82 Å². The summed E-state index contributed by atoms with van der Waals surface area (Å²) in [6.07, 6.45) is 3.51. The van der Waals surface area contributed by atoms with E-state index in [9.17, 15) is 23.1 Å². The molecule has 0 spiro atoms. The molecule has 1 amide bonds. The molecular formula is C25H24Cl2N6O5S. The van der Waals surface area contributed by atoms with Crippen LogP contribution < -0.4 is 15.4 Å². The fraction of sp³-hybridized carbons (Fsp3) is 0.200. The molecule has 0 radical (unpaired) electrons. The maximum absolute atomic E-state index is 13.4. The number of carboxylic acid groups (broad SMARTS) is 1. The van der Waals surface area contributed by atoms with Gasteiger partial charge in [-0.15, -0.1) is 0 Å². The number of halogens is 2. The van der Waals surface area contributed by atoms with Crippen molar-refractivity contribution < 1.29 is 23.1 Å². The van der Waals surface area contributed by atoms with E-state index in [0.29, 0.717) is 29.7 Å². The van der Waals surface area contributed by atoms with Gasteiger partial charge in [0.25, 0.3) is 5.91 Å². The largest absolute Gasteiger partial charge is 0.478 e. The zero-order valence-corrected chi connectivity index (χ0v) is 22.6. The molecule has 1 unspecified atom stereocenters. The third-order valence-corrected chi connectivity index (χ3v) is 8.29. The van der Waals surface area contributed by atoms with E-state index in [1.807, 2.05) is 6.07 Å². The molecule has 5 N–H and O–H groups in total. The van der Waals surface area contributed by atoms with Gasteiger partial charge in [0.15, 0.2) is 0 Å². The van der Waals surface area contributed by atoms with Gasteiger partial charge < -0.3 is 15.7 Å². The number of rotatable bonds is 12. The van der Waals surface area contributed by atoms with Crippen LogP contribution in [0.15, 0.2) is 71.9 Å². The number of nitrogens with one attached hydrogen (secondary N) is 4. The van der Waals surface area contributed by atoms with Crippen LogP contribution in [0.1, 0.15) is 29.6 Å². The molecule has 14 heteroatoms. The molecule has 2 heterocycles. The second-order valence-corrected chi connectivity index (χ2v) is 11.0. The number of sulfonamides is 1. The first kappa shape index (κ1) is 28.3. The quantitative estimate of drug-likeness (QED) is 0.122. The number of aliphatic carboxylic acids is 1. The number of nitrogens with zero attached hydrogens (tertiary/aromatic N) is 2. The standard InChI is InChI=1S/C25H24Cl2N6O5S/c26-18-6-5-7-19(27)22(18)39(37,38)33-25(24(35)36,11-2-4-13-29-21-8-1-3-12-28-21)31-23(34)16-9-10-20-17(14-16)15-30-32-20/h1,3,5-10,12,14-15,33H,2,4,11,13H2,(H,28,29)(H,30,32)(H,31,34)(H,35,36). The number of amides is 1. The van der Waals surface area contributed by atoms with Crippen LogP contribution in [0.4, 0.5) is 5.82 Å². The second-order valence-electron chi connectivity index (χ2n) is 8.59. The minimum Gasteiger partial charge on any atom is -0.478 e. The number of anilines is 1. The molecule has 0 bridgehead atoms. The zero-order chi connectivity index (χ0) is 28.0. The lowest BCUT2D eigenvalue weighted by molar-refractivity contribution is -0.145. The Balaban J connectivity index is 1.61. The highest BCUT2D eigenvalue weighted by molar-refractivity contribution is 7.89. The smallest absolute Gasteiger partial charge is 0.345 e. The molecule has 204 valence electrons. The van der Waals surface area contributed by atoms with E-state index in [0.717, 1.165) is 0 Å². The van der Waals surface area contributed by atoms with Gasteiger partial charge >= 0.3 is 5.97 Å². The lowest BCUT2D eigenvalue weighted by Gasteiger charge is -2.31. The van der Waals surface area contributed by atoms with Crippen LogP contribution in [0.5, 0.6) is 0 Å². The van der Waals surface area contributed by atoms with Gasteiger partial charge in [-0.05, 0) is 61.7 Å². The Morgan fingerprint density at radius 3 is 2.49 bits per heavy atom. The van der Waals surface area contributed by atoms with Gasteiger partial charge in [-0.25, -0.2) is 18.2 Å². The fourth-order valence-electron chi connectivity index (χ4n) is 3.91. The highest BCUT2D eigenvalue weighted by Gasteiger charge is 2.44. The SMILES string of the molecule is O=C(NC(CCCCNc1ccccn1)(NS(=O)(=O)c1c(Cl)cccc1Cl)C(=O)O)c1ccc2[nH]ncc2c1. The first-order valence-electron chi connectivity index (χ1n) is 11.7. The fourth-order valence-corrected chi connectivity index (χ4v) is 6.37. The molecule has 2 aromatic carbocycles. The number of benzene rings is 2. The molecule has 0 aliphatic carbocycles. The van der Waals surface area contributed by atoms with Crippen molar-refractivity contribution in [2.75, 3.05) is 11.9 Å². The predicted octanol–water partition coefficient (Wildman–Crippen LogP) is 4.04. The average Bonchev–Trinajstić information content (AvgIpc) is 3.36. The van der Waals surface area contributed by atoms with Crippen molar-refractivity contribution in [3.63, 3.8) is 0 Å². The molecule has 0 aliphatic heterocycles. The zero-order valence-electron chi connectivity index (χ0n) is 20.3. The van der Waals surface area contributed by atoms with Crippen molar-refractivity contribution in [2.45, 2.75) is 29.8 Å². The summed E-state index contributed by atoms with van der Waals surface area (Å²) in [7, 11) is -4.61. The van der Waals surface area contributed by atoms with Crippen LogP contribution in [-0.4, -0.2) is 52.8 Å². The Labute approximate surface area is 234 Å². The third kappa shape index (κ3) is 6.66. The third-order valence-electron chi connectivity index (χ3n) is 5.84. The summed E-state index contributed by atoms with van der Waals surface area (Å²) in [5.74, 6) is -1.77. The van der Waals surface area contributed by atoms with Gasteiger partial charge in [0.05, 0.1) is 21.8 Å². The molecule has 0 fully saturated rings. The normalized spacial score (nSPS) is 13.1. The first-order chi connectivity index (χ1) is 18.6. The maximum atomic E-state index is 13.4. The van der Waals surface area contributed by atoms with Gasteiger partial charge in [-0.3, -0.25) is 9.89 Å². The van der Waals surface area contributed by atoms with E-state index in [4.69, 9.17) is 23.2 Å². The van der Waals surface area contributed by atoms with Crippen LogP contribution >= 0.6 is 23.2 Å². The maximum Gasteiger partial charge on any atom is 0.345 e. The molecular weight excluding hydrogens is 567 g/mol. The minimum absolute atomic E-state index is 0.112. The van der Waals surface area contributed by atoms with Crippen molar-refractivity contribution in [3.8, 4) is 0 Å². The summed E-state index contributed by atoms with van der Waals surface area (Å²) in [4.78, 5) is 29.6. The van der Waals surface area contributed by atoms with E-state index in [1.165, 1.54) is 36.5 Å². The summed E-state index contributed by atoms with van der Waals surface area (Å²) in [5.41, 5.74) is -1.64. The Kier molecular flexibility index (Phi) is 8.70. The van der Waals surface area contributed by atoms with Crippen LogP contribution in [0.2, 0.25) is 10.0 Å². The van der Waals surface area contributed by atoms with E-state index < -0.39 is 32.5 Å². The van der Waals surface area contributed by atoms with E-state index in [1.54, 1.807) is 24.4 Å². The van der Waals surface area contributed by atoms with E-state index in [2.05, 4.69) is 30.5 Å². The van der Waals surface area contributed by atoms with Crippen molar-refractivity contribution in [1.82, 2.24) is 25.2 Å². The molecule has 4 aromatic rings. The summed E-state index contributed by atoms with van der Waals surface area (Å²) in [6, 6.07) is 14.0. The molecule has 1 atom stereocenters. The number of aromatic amines is 1. The van der Waals surface area contributed by atoms with Gasteiger partial charge in [0, 0.05) is 23.7 Å². The Hall–Kier alpha value is -3.71. The van der Waals surface area contributed by atoms with Gasteiger partial charge in [0.1, 0.15) is 10.7 Å². The topological polar surface area (TPSA) is 166 Å². The summed E-state index contributed by atoms with van der Waals surface area (Å²) in [6.45, 7) is 0.431. The highest BCUT2D eigenvalue weighted by atomic mass is 35.5. The lowest BCUT2D eigenvalue weighted by Crippen LogP contribution is -2.65. The summed E-state index contributed by atoms with van der Waals surface area (Å²) >= 11 is 12.2. The van der Waals surface area contributed by atoms with Crippen LogP contribution in [0.25, 0.3) is 10.9 Å². The monoisotopic (exact) mass is 590 g/mol. The first-order valence-corrected chi connectivity index (χ1v) is 14.0. The predicted molar refractivity (Wildman–Crippen MR) is 147 cm³/mol. The molecule has 4 rings (SSSR count). The summed E-state index contributed by atoms with van der Waals surface area (Å²) in [5, 5.41) is 22.7. The molecule has 2 aromatic heterocycles. The average molecular weight is 591 g/mol.